The van der Waals surface area contributed by atoms with Crippen LogP contribution in [0.5, 0.6) is 0 Å². The number of aliphatic hydroxyl groups excluding tert-OH is 1. The molecule has 45 heavy (non-hydrogen) atoms. The highest BCUT2D eigenvalue weighted by molar-refractivity contribution is 6.28. The van der Waals surface area contributed by atoms with Gasteiger partial charge in [-0.15, -0.1) is 0 Å². The van der Waals surface area contributed by atoms with Gasteiger partial charge in [-0.25, -0.2) is 19.0 Å². The van der Waals surface area contributed by atoms with Crippen molar-refractivity contribution in [3.05, 3.63) is 41.4 Å². The van der Waals surface area contributed by atoms with Crippen molar-refractivity contribution in [2.45, 2.75) is 69.7 Å². The number of aromatic nitrogens is 4. The summed E-state index contributed by atoms with van der Waals surface area (Å²) in [4.78, 5) is 52.9. The molecule has 0 bridgehead atoms. The number of anilines is 2. The van der Waals surface area contributed by atoms with Gasteiger partial charge in [0.25, 0.3) is 5.60 Å². The first-order valence-electron chi connectivity index (χ1n) is 14.6. The number of fused-ring (bicyclic) bond motifs is 1. The van der Waals surface area contributed by atoms with Crippen LogP contribution in [-0.2, 0) is 39.8 Å². The van der Waals surface area contributed by atoms with E-state index in [2.05, 4.69) is 15.0 Å². The number of amides is 1. The number of hydrogen-bond acceptors (Lipinski definition) is 12. The Morgan fingerprint density at radius 3 is 2.49 bits per heavy atom. The highest BCUT2D eigenvalue weighted by Gasteiger charge is 2.53. The second kappa shape index (κ2) is 13.6. The predicted octanol–water partition coefficient (Wildman–Crippen LogP) is 2.30. The highest BCUT2D eigenvalue weighted by Crippen LogP contribution is 2.36. The highest BCUT2D eigenvalue weighted by atomic mass is 35.5. The summed E-state index contributed by atoms with van der Waals surface area (Å²) in [6, 6.07) is 6.79. The molecule has 16 heteroatoms. The Labute approximate surface area is 262 Å². The van der Waals surface area contributed by atoms with Crippen LogP contribution in [0.3, 0.4) is 0 Å². The molecule has 2 saturated heterocycles. The number of carbonyl (C=O) groups excluding carboxylic acids is 3. The fraction of sp³-hybridized carbons (Fsp3) is 0.517. The molecule has 0 radical (unpaired) electrons. The molecule has 1 amide bonds. The van der Waals surface area contributed by atoms with Crippen LogP contribution in [0, 0.1) is 0 Å². The number of halogens is 2. The smallest absolute Gasteiger partial charge is 0.350 e. The number of ether oxygens (including phenoxy) is 4. The number of piperidine rings is 1. The maximum absolute atomic E-state index is 15.5. The van der Waals surface area contributed by atoms with E-state index in [0.29, 0.717) is 24.2 Å². The van der Waals surface area contributed by atoms with Gasteiger partial charge in [-0.05, 0) is 56.0 Å². The minimum atomic E-state index is -2.32. The molecule has 2 fully saturated rings. The first kappa shape index (κ1) is 32.5. The largest absolute Gasteiger partial charge is 0.463 e. The van der Waals surface area contributed by atoms with Crippen molar-refractivity contribution >= 4 is 52.1 Å². The number of aliphatic hydroxyl groups is 1. The molecule has 2 aliphatic heterocycles. The van der Waals surface area contributed by atoms with Crippen LogP contribution in [0.15, 0.2) is 30.6 Å². The molecule has 0 aliphatic carbocycles. The van der Waals surface area contributed by atoms with Gasteiger partial charge in [-0.1, -0.05) is 12.1 Å². The number of carbonyl (C=O) groups is 3. The summed E-state index contributed by atoms with van der Waals surface area (Å²) < 4.78 is 39.0. The number of nitrogens with zero attached hydrogens (tertiary/aromatic N) is 5. The Morgan fingerprint density at radius 2 is 1.84 bits per heavy atom. The van der Waals surface area contributed by atoms with Crippen LogP contribution in [0.4, 0.5) is 15.9 Å². The molecule has 0 unspecified atom stereocenters. The monoisotopic (exact) mass is 648 g/mol. The first-order chi connectivity index (χ1) is 21.6. The Balaban J connectivity index is 1.40. The van der Waals surface area contributed by atoms with Gasteiger partial charge in [-0.2, -0.15) is 9.97 Å². The molecule has 5 rings (SSSR count). The Morgan fingerprint density at radius 1 is 1.16 bits per heavy atom. The first-order valence-corrected chi connectivity index (χ1v) is 15.0. The molecule has 0 spiro atoms. The van der Waals surface area contributed by atoms with Crippen LogP contribution < -0.4 is 10.6 Å². The maximum Gasteiger partial charge on any atom is 0.350 e. The van der Waals surface area contributed by atoms with Crippen molar-refractivity contribution in [1.29, 1.82) is 0 Å². The molecular formula is C29H34ClFN6O8. The van der Waals surface area contributed by atoms with Crippen molar-refractivity contribution < 1.29 is 42.8 Å². The molecule has 3 aromatic rings. The standard InChI is InChI=1S/C29H34ClFN6O8/c1-3-42-26(40)29(27(41)43-4-2,13-16-8-10-17(11-9-16)36-12-6-5-7-19(36)38)44-14-18-22(39)20(31)25(45-18)37-15-33-21-23(32)34-28(30)35-24(21)37/h8-11,15,18,20,22,25,39H,3-7,12-14H2,1-2H3,(H2,32,34,35)/t18-,20+,22-,25-/m1/s1. The van der Waals surface area contributed by atoms with Crippen LogP contribution in [0.2, 0.25) is 5.28 Å². The zero-order chi connectivity index (χ0) is 32.3. The lowest BCUT2D eigenvalue weighted by atomic mass is 9.93. The third-order valence-electron chi connectivity index (χ3n) is 7.72. The van der Waals surface area contributed by atoms with Crippen molar-refractivity contribution in [2.24, 2.45) is 0 Å². The number of nitrogen functional groups attached to an aromatic ring is 1. The summed E-state index contributed by atoms with van der Waals surface area (Å²) in [6.07, 6.45) is -3.38. The van der Waals surface area contributed by atoms with Crippen LogP contribution in [0.25, 0.3) is 11.2 Å². The van der Waals surface area contributed by atoms with E-state index in [4.69, 9.17) is 36.3 Å². The van der Waals surface area contributed by atoms with Crippen molar-refractivity contribution in [3.63, 3.8) is 0 Å². The average molecular weight is 649 g/mol. The van der Waals surface area contributed by atoms with Gasteiger partial charge in [-0.3, -0.25) is 9.36 Å². The summed E-state index contributed by atoms with van der Waals surface area (Å²) in [5.74, 6) is -2.06. The molecule has 2 aromatic heterocycles. The lowest BCUT2D eigenvalue weighted by molar-refractivity contribution is -0.197. The number of alkyl halides is 1. The summed E-state index contributed by atoms with van der Waals surface area (Å²) in [7, 11) is 0. The minimum absolute atomic E-state index is 0.0204. The third kappa shape index (κ3) is 6.43. The van der Waals surface area contributed by atoms with E-state index in [1.165, 1.54) is 10.9 Å². The summed E-state index contributed by atoms with van der Waals surface area (Å²) >= 11 is 5.93. The summed E-state index contributed by atoms with van der Waals surface area (Å²) in [5.41, 5.74) is 4.95. The second-order valence-electron chi connectivity index (χ2n) is 10.6. The van der Waals surface area contributed by atoms with E-state index >= 15 is 4.39 Å². The van der Waals surface area contributed by atoms with E-state index in [1.54, 1.807) is 43.0 Å². The number of esters is 2. The normalized spacial score (nSPS) is 22.2. The van der Waals surface area contributed by atoms with Gasteiger partial charge < -0.3 is 34.7 Å². The quantitative estimate of drug-likeness (QED) is 0.176. The molecule has 1 aromatic carbocycles. The minimum Gasteiger partial charge on any atom is -0.463 e. The third-order valence-corrected chi connectivity index (χ3v) is 7.89. The van der Waals surface area contributed by atoms with E-state index in [0.717, 1.165) is 12.8 Å². The molecule has 2 aliphatic rings. The zero-order valence-corrected chi connectivity index (χ0v) is 25.5. The number of rotatable bonds is 11. The SMILES string of the molecule is CCOC(=O)C(Cc1ccc(N2CCCCC2=O)cc1)(OC[C@H]1O[C@@H](n2cnc3c(N)nc(Cl)nc32)[C@@H](F)[C@@H]1O)C(=O)OCC. The molecular weight excluding hydrogens is 615 g/mol. The Bertz CT molecular complexity index is 1540. The van der Waals surface area contributed by atoms with Crippen LogP contribution >= 0.6 is 11.6 Å². The van der Waals surface area contributed by atoms with Crippen molar-refractivity contribution in [1.82, 2.24) is 19.5 Å². The summed E-state index contributed by atoms with van der Waals surface area (Å²) in [5, 5.41) is 10.6. The number of benzene rings is 1. The lowest BCUT2D eigenvalue weighted by Gasteiger charge is -2.31. The Kier molecular flexibility index (Phi) is 9.82. The van der Waals surface area contributed by atoms with Gasteiger partial charge in [0.2, 0.25) is 11.2 Å². The van der Waals surface area contributed by atoms with Crippen LogP contribution in [-0.4, -0.2) is 92.8 Å². The molecule has 14 nitrogen and oxygen atoms in total. The molecule has 3 N–H and O–H groups in total. The fourth-order valence-electron chi connectivity index (χ4n) is 5.44. The fourth-order valence-corrected chi connectivity index (χ4v) is 5.61. The van der Waals surface area contributed by atoms with Crippen LogP contribution in [0.1, 0.15) is 44.9 Å². The Hall–Kier alpha value is -3.92. The van der Waals surface area contributed by atoms with Gasteiger partial charge in [0.1, 0.15) is 17.7 Å². The second-order valence-corrected chi connectivity index (χ2v) is 11.0. The molecule has 0 saturated carbocycles. The van der Waals surface area contributed by atoms with E-state index < -0.39 is 48.8 Å². The lowest BCUT2D eigenvalue weighted by Crippen LogP contribution is -2.54. The molecule has 4 atom stereocenters. The number of imidazole rings is 1. The van der Waals surface area contributed by atoms with E-state index in [1.807, 2.05) is 0 Å². The molecule has 4 heterocycles. The topological polar surface area (TPSA) is 181 Å². The van der Waals surface area contributed by atoms with Crippen molar-refractivity contribution in [3.8, 4) is 0 Å². The average Bonchev–Trinajstić information content (AvgIpc) is 3.56. The van der Waals surface area contributed by atoms with E-state index in [-0.39, 0.29) is 47.8 Å². The zero-order valence-electron chi connectivity index (χ0n) is 24.7. The van der Waals surface area contributed by atoms with Gasteiger partial charge in [0.15, 0.2) is 23.9 Å². The van der Waals surface area contributed by atoms with Gasteiger partial charge in [0.05, 0.1) is 26.1 Å². The maximum atomic E-state index is 15.5. The number of nitrogens with two attached hydrogens (primary N) is 1. The molecule has 242 valence electrons. The predicted molar refractivity (Wildman–Crippen MR) is 158 cm³/mol. The van der Waals surface area contributed by atoms with Gasteiger partial charge >= 0.3 is 11.9 Å². The van der Waals surface area contributed by atoms with Gasteiger partial charge in [0, 0.05) is 25.1 Å². The van der Waals surface area contributed by atoms with E-state index in [9.17, 15) is 19.5 Å². The van der Waals surface area contributed by atoms with Crippen molar-refractivity contribution in [2.75, 3.05) is 37.0 Å². The summed E-state index contributed by atoms with van der Waals surface area (Å²) in [6.45, 7) is 2.99. The number of hydrogen-bond donors (Lipinski definition) is 2.